The number of carbonyl (C=O) groups is 2. The lowest BCUT2D eigenvalue weighted by Crippen LogP contribution is -2.26. The molecule has 0 atom stereocenters. The highest BCUT2D eigenvalue weighted by molar-refractivity contribution is 6.06. The number of amides is 2. The maximum atomic E-state index is 13.0. The van der Waals surface area contributed by atoms with Gasteiger partial charge in [-0.2, -0.15) is 0 Å². The summed E-state index contributed by atoms with van der Waals surface area (Å²) in [4.78, 5) is 30.8. The van der Waals surface area contributed by atoms with Gasteiger partial charge in [0, 0.05) is 49.3 Å². The average Bonchev–Trinajstić information content (AvgIpc) is 3.37. The molecule has 0 saturated carbocycles. The third-order valence-electron chi connectivity index (χ3n) is 5.06. The molecular weight excluding hydrogens is 416 g/mol. The number of imidazole rings is 1. The van der Waals surface area contributed by atoms with Crippen LogP contribution >= 0.6 is 0 Å². The van der Waals surface area contributed by atoms with Gasteiger partial charge in [-0.3, -0.25) is 9.59 Å². The molecule has 1 aromatic heterocycles. The molecule has 4 rings (SSSR count). The summed E-state index contributed by atoms with van der Waals surface area (Å²) in [5.74, 6) is 1.13. The van der Waals surface area contributed by atoms with E-state index in [-0.39, 0.29) is 11.8 Å². The van der Waals surface area contributed by atoms with Crippen LogP contribution in [0.2, 0.25) is 0 Å². The fourth-order valence-corrected chi connectivity index (χ4v) is 3.28. The van der Waals surface area contributed by atoms with E-state index in [0.717, 1.165) is 11.4 Å². The summed E-state index contributed by atoms with van der Waals surface area (Å²) >= 11 is 0. The van der Waals surface area contributed by atoms with E-state index in [1.807, 2.05) is 65.4 Å². The average molecular weight is 441 g/mol. The molecule has 0 aliphatic carbocycles. The Bertz CT molecular complexity index is 1210. The number of ether oxygens (including phenoxy) is 1. The monoisotopic (exact) mass is 440 g/mol. The van der Waals surface area contributed by atoms with Crippen molar-refractivity contribution in [3.63, 3.8) is 0 Å². The fourth-order valence-electron chi connectivity index (χ4n) is 3.28. The topological polar surface area (TPSA) is 76.5 Å². The molecule has 7 nitrogen and oxygen atoms in total. The van der Waals surface area contributed by atoms with Crippen LogP contribution < -0.4 is 15.0 Å². The minimum atomic E-state index is -0.179. The zero-order valence-corrected chi connectivity index (χ0v) is 18.2. The van der Waals surface area contributed by atoms with E-state index in [2.05, 4.69) is 10.3 Å². The molecule has 1 heterocycles. The minimum absolute atomic E-state index is 0.129. The lowest BCUT2D eigenvalue weighted by atomic mass is 10.1. The van der Waals surface area contributed by atoms with Crippen LogP contribution in [0.1, 0.15) is 16.8 Å². The minimum Gasteiger partial charge on any atom is -0.457 e. The zero-order valence-electron chi connectivity index (χ0n) is 18.2. The summed E-state index contributed by atoms with van der Waals surface area (Å²) in [7, 11) is 1.71. The van der Waals surface area contributed by atoms with Crippen molar-refractivity contribution in [3.8, 4) is 11.5 Å². The van der Waals surface area contributed by atoms with E-state index in [0.29, 0.717) is 30.0 Å². The van der Waals surface area contributed by atoms with Gasteiger partial charge in [0.2, 0.25) is 5.91 Å². The summed E-state index contributed by atoms with van der Waals surface area (Å²) in [6, 6.07) is 23.7. The van der Waals surface area contributed by atoms with Crippen molar-refractivity contribution in [2.24, 2.45) is 0 Å². The number of benzene rings is 3. The Labute approximate surface area is 192 Å². The number of nitrogens with zero attached hydrogens (tertiary/aromatic N) is 3. The van der Waals surface area contributed by atoms with Gasteiger partial charge in [-0.05, 0) is 54.6 Å². The van der Waals surface area contributed by atoms with Crippen LogP contribution in [-0.4, -0.2) is 28.4 Å². The molecule has 166 valence electrons. The van der Waals surface area contributed by atoms with Crippen LogP contribution in [0.15, 0.2) is 97.6 Å². The number of aromatic nitrogens is 2. The van der Waals surface area contributed by atoms with E-state index >= 15 is 0 Å². The van der Waals surface area contributed by atoms with Crippen LogP contribution in [0, 0.1) is 0 Å². The van der Waals surface area contributed by atoms with Crippen LogP contribution in [0.5, 0.6) is 11.5 Å². The number of para-hydroxylation sites is 1. The van der Waals surface area contributed by atoms with Gasteiger partial charge in [0.25, 0.3) is 5.91 Å². The largest absolute Gasteiger partial charge is 0.457 e. The van der Waals surface area contributed by atoms with Gasteiger partial charge in [-0.1, -0.05) is 24.3 Å². The molecule has 2 amide bonds. The number of rotatable bonds is 8. The lowest BCUT2D eigenvalue weighted by molar-refractivity contribution is -0.116. The molecule has 4 aromatic rings. The summed E-state index contributed by atoms with van der Waals surface area (Å²) in [5.41, 5.74) is 1.79. The standard InChI is InChI=1S/C26H24N4O3/c1-29(22-10-12-24(13-11-22)33-23-8-3-2-4-9-23)26(32)20-6-5-7-21(18-20)28-25(31)14-16-30-17-15-27-19-30/h2-13,15,17-19H,14,16H2,1H3,(H,28,31). The molecule has 33 heavy (non-hydrogen) atoms. The molecule has 0 aliphatic heterocycles. The molecule has 3 aromatic carbocycles. The Morgan fingerprint density at radius 1 is 0.970 bits per heavy atom. The van der Waals surface area contributed by atoms with E-state index < -0.39 is 0 Å². The highest BCUT2D eigenvalue weighted by Crippen LogP contribution is 2.25. The lowest BCUT2D eigenvalue weighted by Gasteiger charge is -2.18. The van der Waals surface area contributed by atoms with Crippen LogP contribution in [-0.2, 0) is 11.3 Å². The first-order valence-electron chi connectivity index (χ1n) is 10.6. The molecule has 0 radical (unpaired) electrons. The maximum absolute atomic E-state index is 13.0. The Morgan fingerprint density at radius 2 is 1.73 bits per heavy atom. The molecule has 0 unspecified atom stereocenters. The Balaban J connectivity index is 1.37. The van der Waals surface area contributed by atoms with Crippen molar-refractivity contribution in [2.75, 3.05) is 17.3 Å². The number of aryl methyl sites for hydroxylation is 1. The molecule has 0 fully saturated rings. The maximum Gasteiger partial charge on any atom is 0.258 e. The predicted molar refractivity (Wildman–Crippen MR) is 128 cm³/mol. The van der Waals surface area contributed by atoms with E-state index in [9.17, 15) is 9.59 Å². The van der Waals surface area contributed by atoms with Crippen molar-refractivity contribution < 1.29 is 14.3 Å². The predicted octanol–water partition coefficient (Wildman–Crippen LogP) is 4.98. The number of hydrogen-bond acceptors (Lipinski definition) is 4. The van der Waals surface area contributed by atoms with Gasteiger partial charge in [-0.15, -0.1) is 0 Å². The quantitative estimate of drug-likeness (QED) is 0.419. The molecule has 7 heteroatoms. The Kier molecular flexibility index (Phi) is 6.80. The van der Waals surface area contributed by atoms with Gasteiger partial charge >= 0.3 is 0 Å². The van der Waals surface area contributed by atoms with Gasteiger partial charge in [0.15, 0.2) is 0 Å². The van der Waals surface area contributed by atoms with Gasteiger partial charge < -0.3 is 19.5 Å². The normalized spacial score (nSPS) is 10.5. The number of hydrogen-bond donors (Lipinski definition) is 1. The SMILES string of the molecule is CN(C(=O)c1cccc(NC(=O)CCn2ccnc2)c1)c1ccc(Oc2ccccc2)cc1. The first kappa shape index (κ1) is 21.8. The third kappa shape index (κ3) is 5.86. The van der Waals surface area contributed by atoms with Crippen molar-refractivity contribution in [2.45, 2.75) is 13.0 Å². The second kappa shape index (κ2) is 10.3. The highest BCUT2D eigenvalue weighted by atomic mass is 16.5. The van der Waals surface area contributed by atoms with Crippen molar-refractivity contribution >= 4 is 23.2 Å². The Hall–Kier alpha value is -4.39. The van der Waals surface area contributed by atoms with Crippen molar-refractivity contribution in [3.05, 3.63) is 103 Å². The first-order valence-corrected chi connectivity index (χ1v) is 10.6. The number of anilines is 2. The summed E-state index contributed by atoms with van der Waals surface area (Å²) < 4.78 is 7.64. The van der Waals surface area contributed by atoms with Crippen LogP contribution in [0.4, 0.5) is 11.4 Å². The Morgan fingerprint density at radius 3 is 2.45 bits per heavy atom. The molecular formula is C26H24N4O3. The number of nitrogens with one attached hydrogen (secondary N) is 1. The van der Waals surface area contributed by atoms with Gasteiger partial charge in [-0.25, -0.2) is 4.98 Å². The smallest absolute Gasteiger partial charge is 0.258 e. The molecule has 0 spiro atoms. The second-order valence-electron chi connectivity index (χ2n) is 7.45. The first-order chi connectivity index (χ1) is 16.1. The highest BCUT2D eigenvalue weighted by Gasteiger charge is 2.15. The van der Waals surface area contributed by atoms with E-state index in [1.54, 1.807) is 48.7 Å². The molecule has 0 aliphatic rings. The molecule has 1 N–H and O–H groups in total. The van der Waals surface area contributed by atoms with Crippen LogP contribution in [0.3, 0.4) is 0 Å². The van der Waals surface area contributed by atoms with E-state index in [1.165, 1.54) is 0 Å². The molecule has 0 saturated heterocycles. The number of carbonyl (C=O) groups excluding carboxylic acids is 2. The van der Waals surface area contributed by atoms with Gasteiger partial charge in [0.05, 0.1) is 6.33 Å². The second-order valence-corrected chi connectivity index (χ2v) is 7.45. The third-order valence-corrected chi connectivity index (χ3v) is 5.06. The summed E-state index contributed by atoms with van der Waals surface area (Å²) in [6.07, 6.45) is 5.46. The zero-order chi connectivity index (χ0) is 23.0. The fraction of sp³-hybridized carbons (Fsp3) is 0.115. The molecule has 0 bridgehead atoms. The van der Waals surface area contributed by atoms with Crippen molar-refractivity contribution in [1.29, 1.82) is 0 Å². The van der Waals surface area contributed by atoms with Gasteiger partial charge in [0.1, 0.15) is 11.5 Å². The van der Waals surface area contributed by atoms with Crippen molar-refractivity contribution in [1.82, 2.24) is 9.55 Å². The summed E-state index contributed by atoms with van der Waals surface area (Å²) in [5, 5.41) is 2.85. The summed E-state index contributed by atoms with van der Waals surface area (Å²) in [6.45, 7) is 0.539. The van der Waals surface area contributed by atoms with E-state index in [4.69, 9.17) is 4.74 Å². The van der Waals surface area contributed by atoms with Crippen LogP contribution in [0.25, 0.3) is 0 Å².